The fourth-order valence-corrected chi connectivity index (χ4v) is 5.05. The van der Waals surface area contributed by atoms with Crippen molar-refractivity contribution in [2.45, 2.75) is 70.4 Å². The SMILES string of the molecule is CC(C)c1cc(F)ccc1C1=NNC(=O)OC12CCC(C[C@H](C)NC(=O)c1cc(Cl)no1)CC2. The van der Waals surface area contributed by atoms with Crippen LogP contribution in [0.1, 0.15) is 80.5 Å². The van der Waals surface area contributed by atoms with Gasteiger partial charge in [0.1, 0.15) is 11.5 Å². The molecule has 0 bridgehead atoms. The normalized spacial score (nSPS) is 23.3. The van der Waals surface area contributed by atoms with Gasteiger partial charge in [0.2, 0.25) is 5.76 Å². The van der Waals surface area contributed by atoms with Gasteiger partial charge in [0.05, 0.1) is 0 Å². The van der Waals surface area contributed by atoms with Gasteiger partial charge in [0.15, 0.2) is 10.8 Å². The zero-order valence-corrected chi connectivity index (χ0v) is 20.1. The van der Waals surface area contributed by atoms with Crippen LogP contribution < -0.4 is 10.7 Å². The maximum absolute atomic E-state index is 14.0. The van der Waals surface area contributed by atoms with Crippen LogP contribution in [0.15, 0.2) is 33.9 Å². The van der Waals surface area contributed by atoms with Crippen molar-refractivity contribution < 1.29 is 23.2 Å². The number of hydrogen-bond acceptors (Lipinski definition) is 6. The molecule has 8 nitrogen and oxygen atoms in total. The number of ether oxygens (including phenoxy) is 1. The third-order valence-electron chi connectivity index (χ3n) is 6.55. The average Bonchev–Trinajstić information content (AvgIpc) is 3.22. The van der Waals surface area contributed by atoms with Crippen LogP contribution in [0.2, 0.25) is 5.15 Å². The molecule has 34 heavy (non-hydrogen) atoms. The average molecular weight is 491 g/mol. The highest BCUT2D eigenvalue weighted by atomic mass is 35.5. The van der Waals surface area contributed by atoms with Gasteiger partial charge in [0, 0.05) is 17.7 Å². The quantitative estimate of drug-likeness (QED) is 0.581. The van der Waals surface area contributed by atoms with Crippen LogP contribution >= 0.6 is 11.6 Å². The second-order valence-electron chi connectivity index (χ2n) is 9.41. The summed E-state index contributed by atoms with van der Waals surface area (Å²) in [4.78, 5) is 24.4. The van der Waals surface area contributed by atoms with Gasteiger partial charge in [-0.1, -0.05) is 30.6 Å². The number of nitrogens with zero attached hydrogens (tertiary/aromatic N) is 2. The summed E-state index contributed by atoms with van der Waals surface area (Å²) in [6.45, 7) is 5.92. The summed E-state index contributed by atoms with van der Waals surface area (Å²) >= 11 is 5.72. The van der Waals surface area contributed by atoms with Gasteiger partial charge in [-0.15, -0.1) is 0 Å². The van der Waals surface area contributed by atoms with Gasteiger partial charge in [-0.05, 0) is 74.6 Å². The number of rotatable bonds is 6. The number of hydrogen-bond donors (Lipinski definition) is 2. The lowest BCUT2D eigenvalue weighted by Crippen LogP contribution is -2.52. The summed E-state index contributed by atoms with van der Waals surface area (Å²) in [6.07, 6.45) is 2.95. The molecule has 1 aliphatic heterocycles. The molecule has 1 spiro atoms. The summed E-state index contributed by atoms with van der Waals surface area (Å²) in [5, 5.41) is 10.9. The molecule has 2 heterocycles. The van der Waals surface area contributed by atoms with Crippen LogP contribution in [0.5, 0.6) is 0 Å². The molecule has 0 unspecified atom stereocenters. The lowest BCUT2D eigenvalue weighted by atomic mass is 9.72. The first-order valence-electron chi connectivity index (χ1n) is 11.5. The Morgan fingerprint density at radius 1 is 1.29 bits per heavy atom. The van der Waals surface area contributed by atoms with Crippen LogP contribution in [-0.4, -0.2) is 34.5 Å². The summed E-state index contributed by atoms with van der Waals surface area (Å²) < 4.78 is 24.7. The third kappa shape index (κ3) is 5.09. The van der Waals surface area contributed by atoms with Crippen LogP contribution in [0.3, 0.4) is 0 Å². The lowest BCUT2D eigenvalue weighted by Gasteiger charge is -2.42. The lowest BCUT2D eigenvalue weighted by molar-refractivity contribution is 0.0153. The van der Waals surface area contributed by atoms with Crippen molar-refractivity contribution >= 4 is 29.3 Å². The van der Waals surface area contributed by atoms with Crippen LogP contribution in [0.25, 0.3) is 0 Å². The molecule has 1 fully saturated rings. The van der Waals surface area contributed by atoms with Crippen molar-refractivity contribution in [3.8, 4) is 0 Å². The molecule has 1 aliphatic carbocycles. The minimum absolute atomic E-state index is 0.0715. The van der Waals surface area contributed by atoms with E-state index in [0.29, 0.717) is 24.5 Å². The topological polar surface area (TPSA) is 106 Å². The van der Waals surface area contributed by atoms with E-state index in [-0.39, 0.29) is 34.6 Å². The van der Waals surface area contributed by atoms with Crippen LogP contribution in [0, 0.1) is 11.7 Å². The molecule has 182 valence electrons. The van der Waals surface area contributed by atoms with Crippen molar-refractivity contribution in [3.63, 3.8) is 0 Å². The Kier molecular flexibility index (Phi) is 6.93. The predicted octanol–water partition coefficient (Wildman–Crippen LogP) is 5.17. The first-order chi connectivity index (χ1) is 16.2. The smallest absolute Gasteiger partial charge is 0.428 e. The molecular formula is C24H28ClFN4O4. The molecule has 2 N–H and O–H groups in total. The molecular weight excluding hydrogens is 463 g/mol. The number of carbonyl (C=O) groups is 2. The number of nitrogens with one attached hydrogen (secondary N) is 2. The minimum Gasteiger partial charge on any atom is -0.435 e. The molecule has 10 heteroatoms. The van der Waals surface area contributed by atoms with Crippen molar-refractivity contribution in [3.05, 3.63) is 52.1 Å². The second kappa shape index (κ2) is 9.74. The summed E-state index contributed by atoms with van der Waals surface area (Å²) in [6, 6.07) is 5.92. The highest BCUT2D eigenvalue weighted by molar-refractivity contribution is 6.29. The van der Waals surface area contributed by atoms with E-state index in [0.717, 1.165) is 30.4 Å². The van der Waals surface area contributed by atoms with Crippen molar-refractivity contribution in [2.75, 3.05) is 0 Å². The molecule has 1 saturated carbocycles. The van der Waals surface area contributed by atoms with Gasteiger partial charge in [-0.3, -0.25) is 4.79 Å². The Bertz CT molecular complexity index is 1110. The fraction of sp³-hybridized carbons (Fsp3) is 0.500. The van der Waals surface area contributed by atoms with Crippen LogP contribution in [-0.2, 0) is 4.74 Å². The number of benzene rings is 1. The first kappa shape index (κ1) is 24.2. The molecule has 2 aromatic rings. The Balaban J connectivity index is 1.45. The number of aromatic nitrogens is 1. The highest BCUT2D eigenvalue weighted by Crippen LogP contribution is 2.41. The summed E-state index contributed by atoms with van der Waals surface area (Å²) in [5.74, 6) is -0.203. The fourth-order valence-electron chi connectivity index (χ4n) is 4.92. The maximum Gasteiger partial charge on any atom is 0.428 e. The second-order valence-corrected chi connectivity index (χ2v) is 9.80. The van der Waals surface area contributed by atoms with Gasteiger partial charge in [0.25, 0.3) is 5.91 Å². The number of carbonyl (C=O) groups excluding carboxylic acids is 2. The third-order valence-corrected chi connectivity index (χ3v) is 6.73. The monoisotopic (exact) mass is 490 g/mol. The summed E-state index contributed by atoms with van der Waals surface area (Å²) in [7, 11) is 0. The van der Waals surface area contributed by atoms with Crippen molar-refractivity contribution in [1.29, 1.82) is 0 Å². The summed E-state index contributed by atoms with van der Waals surface area (Å²) in [5.41, 5.74) is 3.82. The Hall–Kier alpha value is -2.94. The Morgan fingerprint density at radius 3 is 2.68 bits per heavy atom. The van der Waals surface area contributed by atoms with E-state index in [1.807, 2.05) is 20.8 Å². The molecule has 1 atom stereocenters. The standard InChI is InChI=1S/C24H28ClFN4O4/c1-13(2)18-11-16(26)4-5-17(18)21-24(33-23(32)29-28-21)8-6-15(7-9-24)10-14(3)27-22(31)19-12-20(25)30-34-19/h4-5,11-15H,6-10H2,1-3H3,(H,27,31)(H,29,32)/t14-,15?,24?/m0/s1. The zero-order valence-electron chi connectivity index (χ0n) is 19.4. The van der Waals surface area contributed by atoms with E-state index in [4.69, 9.17) is 20.9 Å². The predicted molar refractivity (Wildman–Crippen MR) is 124 cm³/mol. The molecule has 4 rings (SSSR count). The van der Waals surface area contributed by atoms with Crippen molar-refractivity contribution in [2.24, 2.45) is 11.0 Å². The van der Waals surface area contributed by atoms with E-state index in [9.17, 15) is 14.0 Å². The van der Waals surface area contributed by atoms with Crippen molar-refractivity contribution in [1.82, 2.24) is 15.9 Å². The first-order valence-corrected chi connectivity index (χ1v) is 11.8. The molecule has 2 amide bonds. The molecule has 1 aromatic heterocycles. The van der Waals surface area contributed by atoms with E-state index < -0.39 is 11.7 Å². The van der Waals surface area contributed by atoms with E-state index in [2.05, 4.69) is 21.0 Å². The largest absolute Gasteiger partial charge is 0.435 e. The molecule has 1 aromatic carbocycles. The Morgan fingerprint density at radius 2 is 2.03 bits per heavy atom. The van der Waals surface area contributed by atoms with Gasteiger partial charge in [-0.2, -0.15) is 5.10 Å². The number of halogens is 2. The minimum atomic E-state index is -0.858. The van der Waals surface area contributed by atoms with E-state index in [1.54, 1.807) is 6.07 Å². The van der Waals surface area contributed by atoms with E-state index in [1.165, 1.54) is 18.2 Å². The molecule has 2 aliphatic rings. The number of amides is 2. The van der Waals surface area contributed by atoms with E-state index >= 15 is 0 Å². The van der Waals surface area contributed by atoms with Gasteiger partial charge < -0.3 is 14.6 Å². The maximum atomic E-state index is 14.0. The highest BCUT2D eigenvalue weighted by Gasteiger charge is 2.47. The van der Waals surface area contributed by atoms with Crippen LogP contribution in [0.4, 0.5) is 9.18 Å². The molecule has 0 saturated heterocycles. The zero-order chi connectivity index (χ0) is 24.5. The number of hydrazone groups is 1. The van der Waals surface area contributed by atoms with Gasteiger partial charge >= 0.3 is 6.09 Å². The van der Waals surface area contributed by atoms with Gasteiger partial charge in [-0.25, -0.2) is 14.6 Å². The molecule has 0 radical (unpaired) electrons. The Labute approximate surface area is 202 Å².